The summed E-state index contributed by atoms with van der Waals surface area (Å²) in [4.78, 5) is 10.8. The van der Waals surface area contributed by atoms with E-state index in [9.17, 15) is 4.79 Å². The predicted molar refractivity (Wildman–Crippen MR) is 40.7 cm³/mol. The van der Waals surface area contributed by atoms with Crippen molar-refractivity contribution in [2.45, 2.75) is 5.25 Å². The standard InChI is InChI=1S/C5H8O2S2/c1-7-5(6)4-2-8-3-9-4/h4H,2-3H2,1H3. The van der Waals surface area contributed by atoms with Crippen molar-refractivity contribution in [3.63, 3.8) is 0 Å². The van der Waals surface area contributed by atoms with Gasteiger partial charge in [-0.2, -0.15) is 0 Å². The van der Waals surface area contributed by atoms with Gasteiger partial charge in [-0.3, -0.25) is 4.79 Å². The van der Waals surface area contributed by atoms with Crippen LogP contribution in [0.15, 0.2) is 0 Å². The van der Waals surface area contributed by atoms with Gasteiger partial charge in [0.25, 0.3) is 0 Å². The van der Waals surface area contributed by atoms with E-state index in [-0.39, 0.29) is 11.2 Å². The van der Waals surface area contributed by atoms with E-state index in [4.69, 9.17) is 0 Å². The van der Waals surface area contributed by atoms with Crippen molar-refractivity contribution < 1.29 is 9.53 Å². The van der Waals surface area contributed by atoms with Crippen molar-refractivity contribution in [2.75, 3.05) is 17.9 Å². The SMILES string of the molecule is COC(=O)C1CSCS1. The Morgan fingerprint density at radius 2 is 2.56 bits per heavy atom. The van der Waals surface area contributed by atoms with E-state index in [2.05, 4.69) is 4.74 Å². The number of hydrogen-bond acceptors (Lipinski definition) is 4. The Kier molecular flexibility index (Phi) is 2.72. The summed E-state index contributed by atoms with van der Waals surface area (Å²) in [6, 6.07) is 0. The van der Waals surface area contributed by atoms with E-state index >= 15 is 0 Å². The number of carbonyl (C=O) groups is 1. The highest BCUT2D eigenvalue weighted by Gasteiger charge is 2.23. The largest absolute Gasteiger partial charge is 0.468 e. The topological polar surface area (TPSA) is 26.3 Å². The van der Waals surface area contributed by atoms with Gasteiger partial charge in [-0.25, -0.2) is 0 Å². The Morgan fingerprint density at radius 3 is 3.00 bits per heavy atom. The third kappa shape index (κ3) is 1.79. The second-order valence-electron chi connectivity index (χ2n) is 1.67. The first-order chi connectivity index (χ1) is 4.34. The van der Waals surface area contributed by atoms with E-state index in [0.29, 0.717) is 0 Å². The van der Waals surface area contributed by atoms with Crippen molar-refractivity contribution in [2.24, 2.45) is 0 Å². The Hall–Kier alpha value is 0.170. The van der Waals surface area contributed by atoms with Crippen LogP contribution in [0, 0.1) is 0 Å². The van der Waals surface area contributed by atoms with E-state index in [1.54, 1.807) is 23.5 Å². The molecule has 0 aromatic carbocycles. The lowest BCUT2D eigenvalue weighted by molar-refractivity contribution is -0.139. The lowest BCUT2D eigenvalue weighted by atomic mass is 10.5. The first-order valence-electron chi connectivity index (χ1n) is 2.62. The lowest BCUT2D eigenvalue weighted by Crippen LogP contribution is -2.17. The van der Waals surface area contributed by atoms with Crippen LogP contribution in [0.5, 0.6) is 0 Å². The second-order valence-corrected chi connectivity index (χ2v) is 4.25. The van der Waals surface area contributed by atoms with Gasteiger partial charge in [-0.15, -0.1) is 23.5 Å². The molecule has 9 heavy (non-hydrogen) atoms. The summed E-state index contributed by atoms with van der Waals surface area (Å²) in [7, 11) is 1.44. The summed E-state index contributed by atoms with van der Waals surface area (Å²) >= 11 is 3.45. The van der Waals surface area contributed by atoms with Crippen LogP contribution >= 0.6 is 23.5 Å². The first-order valence-corrected chi connectivity index (χ1v) is 4.82. The fourth-order valence-electron chi connectivity index (χ4n) is 0.601. The quantitative estimate of drug-likeness (QED) is 0.539. The molecule has 1 fully saturated rings. The molecular weight excluding hydrogens is 156 g/mol. The summed E-state index contributed by atoms with van der Waals surface area (Å²) in [6.45, 7) is 0. The van der Waals surface area contributed by atoms with Crippen LogP contribution in [0.2, 0.25) is 0 Å². The van der Waals surface area contributed by atoms with Gasteiger partial charge in [-0.1, -0.05) is 0 Å². The third-order valence-corrected chi connectivity index (χ3v) is 3.84. The zero-order chi connectivity index (χ0) is 6.69. The van der Waals surface area contributed by atoms with Crippen LogP contribution in [0.4, 0.5) is 0 Å². The predicted octanol–water partition coefficient (Wildman–Crippen LogP) is 0.965. The molecule has 1 aliphatic rings. The van der Waals surface area contributed by atoms with Gasteiger partial charge in [0.2, 0.25) is 0 Å². The number of thioether (sulfide) groups is 2. The van der Waals surface area contributed by atoms with Crippen LogP contribution in [0.3, 0.4) is 0 Å². The molecular formula is C5H8O2S2. The van der Waals surface area contributed by atoms with Crippen molar-refractivity contribution in [1.29, 1.82) is 0 Å². The van der Waals surface area contributed by atoms with Gasteiger partial charge in [0, 0.05) is 10.8 Å². The Morgan fingerprint density at radius 1 is 1.78 bits per heavy atom. The van der Waals surface area contributed by atoms with Gasteiger partial charge in [0.15, 0.2) is 0 Å². The zero-order valence-electron chi connectivity index (χ0n) is 5.12. The molecule has 1 atom stereocenters. The molecule has 0 spiro atoms. The molecule has 1 heterocycles. The molecule has 0 aliphatic carbocycles. The number of esters is 1. The number of hydrogen-bond donors (Lipinski definition) is 0. The van der Waals surface area contributed by atoms with Crippen molar-refractivity contribution in [1.82, 2.24) is 0 Å². The van der Waals surface area contributed by atoms with Crippen molar-refractivity contribution in [3.8, 4) is 0 Å². The molecule has 52 valence electrons. The van der Waals surface area contributed by atoms with Crippen LogP contribution in [-0.4, -0.2) is 29.2 Å². The minimum absolute atomic E-state index is 0.0787. The summed E-state index contributed by atoms with van der Waals surface area (Å²) in [5.74, 6) is 0.835. The van der Waals surface area contributed by atoms with Gasteiger partial charge in [-0.05, 0) is 0 Å². The molecule has 0 aromatic rings. The summed E-state index contributed by atoms with van der Waals surface area (Å²) in [5.41, 5.74) is 0. The minimum atomic E-state index is -0.0787. The highest BCUT2D eigenvalue weighted by molar-refractivity contribution is 8.19. The fraction of sp³-hybridized carbons (Fsp3) is 0.800. The number of ether oxygens (including phenoxy) is 1. The Labute approximate surface area is 62.7 Å². The fourth-order valence-corrected chi connectivity index (χ4v) is 3.28. The second kappa shape index (κ2) is 3.37. The highest BCUT2D eigenvalue weighted by atomic mass is 32.2. The van der Waals surface area contributed by atoms with Crippen LogP contribution in [0.25, 0.3) is 0 Å². The van der Waals surface area contributed by atoms with Crippen LogP contribution in [-0.2, 0) is 9.53 Å². The number of carbonyl (C=O) groups excluding carboxylic acids is 1. The average molecular weight is 164 g/mol. The highest BCUT2D eigenvalue weighted by Crippen LogP contribution is 2.29. The molecule has 0 radical (unpaired) electrons. The molecule has 1 aliphatic heterocycles. The smallest absolute Gasteiger partial charge is 0.319 e. The lowest BCUT2D eigenvalue weighted by Gasteiger charge is -2.02. The first kappa shape index (κ1) is 7.28. The van der Waals surface area contributed by atoms with Crippen molar-refractivity contribution >= 4 is 29.5 Å². The molecule has 0 bridgehead atoms. The van der Waals surface area contributed by atoms with Gasteiger partial charge in [0.05, 0.1) is 7.11 Å². The summed E-state index contributed by atoms with van der Waals surface area (Å²) in [5, 5.41) is 1.12. The summed E-state index contributed by atoms with van der Waals surface area (Å²) < 4.78 is 4.56. The normalized spacial score (nSPS) is 26.1. The van der Waals surface area contributed by atoms with E-state index in [1.807, 2.05) is 0 Å². The van der Waals surface area contributed by atoms with E-state index < -0.39 is 0 Å². The molecule has 0 saturated carbocycles. The third-order valence-electron chi connectivity index (χ3n) is 1.09. The van der Waals surface area contributed by atoms with E-state index in [1.165, 1.54) is 7.11 Å². The molecule has 0 aromatic heterocycles. The molecule has 4 heteroatoms. The average Bonchev–Trinajstić information content (AvgIpc) is 2.37. The number of rotatable bonds is 1. The molecule has 1 saturated heterocycles. The maximum Gasteiger partial charge on any atom is 0.319 e. The van der Waals surface area contributed by atoms with Gasteiger partial charge in [0.1, 0.15) is 5.25 Å². The van der Waals surface area contributed by atoms with Gasteiger partial charge >= 0.3 is 5.97 Å². The summed E-state index contributed by atoms with van der Waals surface area (Å²) in [6.07, 6.45) is 0. The molecule has 2 nitrogen and oxygen atoms in total. The zero-order valence-corrected chi connectivity index (χ0v) is 6.76. The molecule has 1 unspecified atom stereocenters. The minimum Gasteiger partial charge on any atom is -0.468 e. The monoisotopic (exact) mass is 164 g/mol. The van der Waals surface area contributed by atoms with Crippen LogP contribution in [0.1, 0.15) is 0 Å². The molecule has 1 rings (SSSR count). The maximum atomic E-state index is 10.8. The van der Waals surface area contributed by atoms with Crippen molar-refractivity contribution in [3.05, 3.63) is 0 Å². The van der Waals surface area contributed by atoms with Crippen LogP contribution < -0.4 is 0 Å². The van der Waals surface area contributed by atoms with Gasteiger partial charge < -0.3 is 4.74 Å². The number of methoxy groups -OCH3 is 1. The van der Waals surface area contributed by atoms with E-state index in [0.717, 1.165) is 10.8 Å². The maximum absolute atomic E-state index is 10.8. The molecule has 0 amide bonds. The Balaban J connectivity index is 2.32. The Bertz CT molecular complexity index is 110. The molecule has 0 N–H and O–H groups in total.